The Kier molecular flexibility index (Phi) is 8.49. The van der Waals surface area contributed by atoms with Crippen molar-refractivity contribution in [2.45, 2.75) is 82.3 Å². The zero-order chi connectivity index (χ0) is 26.7. The van der Waals surface area contributed by atoms with Crippen LogP contribution in [0.2, 0.25) is 0 Å². The first-order valence-electron chi connectivity index (χ1n) is 13.4. The van der Waals surface area contributed by atoms with Gasteiger partial charge in [0.1, 0.15) is 17.6 Å². The molecular weight excluding hydrogens is 488 g/mol. The van der Waals surface area contributed by atoms with Crippen LogP contribution in [0, 0.1) is 6.92 Å². The van der Waals surface area contributed by atoms with Gasteiger partial charge in [-0.2, -0.15) is 4.31 Å². The number of para-hydroxylation sites is 1. The highest BCUT2D eigenvalue weighted by molar-refractivity contribution is 7.89. The molecule has 1 aliphatic heterocycles. The summed E-state index contributed by atoms with van der Waals surface area (Å²) in [6.07, 6.45) is 4.43. The molecule has 202 valence electrons. The summed E-state index contributed by atoms with van der Waals surface area (Å²) in [5.41, 5.74) is 2.08. The molecule has 2 aromatic carbocycles. The highest BCUT2D eigenvalue weighted by atomic mass is 32.2. The number of fused-ring (bicyclic) bond motifs is 2. The molecule has 1 amide bonds. The number of methoxy groups -OCH3 is 1. The van der Waals surface area contributed by atoms with E-state index < -0.39 is 10.0 Å². The normalized spacial score (nSPS) is 21.9. The van der Waals surface area contributed by atoms with Gasteiger partial charge in [0.25, 0.3) is 5.91 Å². The Morgan fingerprint density at radius 1 is 1.03 bits per heavy atom. The van der Waals surface area contributed by atoms with Gasteiger partial charge in [-0.1, -0.05) is 32.4 Å². The molecule has 0 unspecified atom stereocenters. The van der Waals surface area contributed by atoms with E-state index in [1.165, 1.54) is 0 Å². The molecule has 7 nitrogen and oxygen atoms in total. The fraction of sp³-hybridized carbons (Fsp3) is 0.552. The van der Waals surface area contributed by atoms with Crippen LogP contribution >= 0.6 is 0 Å². The van der Waals surface area contributed by atoms with E-state index in [9.17, 15) is 13.2 Å². The van der Waals surface area contributed by atoms with E-state index in [-0.39, 0.29) is 24.0 Å². The lowest BCUT2D eigenvalue weighted by Crippen LogP contribution is -2.51. The Morgan fingerprint density at radius 3 is 2.46 bits per heavy atom. The van der Waals surface area contributed by atoms with Crippen molar-refractivity contribution in [1.29, 1.82) is 0 Å². The molecule has 2 aromatic rings. The molecular formula is C29H40N2O5S. The van der Waals surface area contributed by atoms with E-state index in [0.717, 1.165) is 31.2 Å². The van der Waals surface area contributed by atoms with Crippen LogP contribution in [0.4, 0.5) is 0 Å². The first-order valence-corrected chi connectivity index (χ1v) is 14.8. The van der Waals surface area contributed by atoms with Crippen molar-refractivity contribution in [2.75, 3.05) is 27.2 Å². The van der Waals surface area contributed by atoms with Gasteiger partial charge in [-0.3, -0.25) is 4.79 Å². The van der Waals surface area contributed by atoms with Crippen LogP contribution in [0.3, 0.4) is 0 Å². The maximum Gasteiger partial charge on any atom is 0.257 e. The number of ether oxygens (including phenoxy) is 2. The first kappa shape index (κ1) is 27.5. The van der Waals surface area contributed by atoms with Crippen molar-refractivity contribution in [3.63, 3.8) is 0 Å². The van der Waals surface area contributed by atoms with E-state index in [1.54, 1.807) is 35.5 Å². The number of hydrogen-bond acceptors (Lipinski definition) is 5. The van der Waals surface area contributed by atoms with E-state index >= 15 is 0 Å². The van der Waals surface area contributed by atoms with Gasteiger partial charge in [-0.15, -0.1) is 0 Å². The third-order valence-corrected chi connectivity index (χ3v) is 9.70. The fourth-order valence-electron chi connectivity index (χ4n) is 5.55. The topological polar surface area (TPSA) is 76.2 Å². The Bertz CT molecular complexity index is 1230. The molecule has 0 bridgehead atoms. The molecule has 37 heavy (non-hydrogen) atoms. The average Bonchev–Trinajstić information content (AvgIpc) is 2.87. The SMILES string of the molecule is COc1cc(C)c(S(=O)(=O)N2CCCCN(C)C(=O)c3ccccc3O[C@H]3CCCC[C@H]32)cc1C(C)C. The number of carbonyl (C=O) groups excluding carboxylic acids is 1. The quantitative estimate of drug-likeness (QED) is 0.533. The summed E-state index contributed by atoms with van der Waals surface area (Å²) in [5.74, 6) is 1.29. The molecule has 1 aliphatic carbocycles. The predicted molar refractivity (Wildman–Crippen MR) is 145 cm³/mol. The summed E-state index contributed by atoms with van der Waals surface area (Å²) in [5, 5.41) is 0. The fourth-order valence-corrected chi connectivity index (χ4v) is 7.51. The zero-order valence-corrected chi connectivity index (χ0v) is 23.5. The minimum atomic E-state index is -3.82. The highest BCUT2D eigenvalue weighted by Crippen LogP contribution is 2.37. The summed E-state index contributed by atoms with van der Waals surface area (Å²) in [6.45, 7) is 6.86. The molecule has 0 spiro atoms. The van der Waals surface area contributed by atoms with Crippen LogP contribution in [0.15, 0.2) is 41.3 Å². The number of carbonyl (C=O) groups is 1. The summed E-state index contributed by atoms with van der Waals surface area (Å²) >= 11 is 0. The molecule has 8 heteroatoms. The highest BCUT2D eigenvalue weighted by Gasteiger charge is 2.40. The maximum atomic E-state index is 14.4. The van der Waals surface area contributed by atoms with E-state index in [1.807, 2.05) is 45.0 Å². The molecule has 4 rings (SSSR count). The number of benzene rings is 2. The molecule has 1 fully saturated rings. The Hall–Kier alpha value is -2.58. The van der Waals surface area contributed by atoms with Gasteiger partial charge in [-0.05, 0) is 80.3 Å². The van der Waals surface area contributed by atoms with Crippen LogP contribution < -0.4 is 9.47 Å². The Labute approximate surface area is 221 Å². The molecule has 1 saturated carbocycles. The second kappa shape index (κ2) is 11.4. The molecule has 0 N–H and O–H groups in total. The number of rotatable bonds is 4. The number of nitrogens with zero attached hydrogens (tertiary/aromatic N) is 2. The van der Waals surface area contributed by atoms with Gasteiger partial charge >= 0.3 is 0 Å². The number of hydrogen-bond donors (Lipinski definition) is 0. The van der Waals surface area contributed by atoms with E-state index in [0.29, 0.717) is 53.5 Å². The van der Waals surface area contributed by atoms with Gasteiger partial charge in [0.2, 0.25) is 10.0 Å². The van der Waals surface area contributed by atoms with Crippen molar-refractivity contribution in [1.82, 2.24) is 9.21 Å². The number of aryl methyl sites for hydroxylation is 1. The minimum absolute atomic E-state index is 0.0666. The predicted octanol–water partition coefficient (Wildman–Crippen LogP) is 5.37. The summed E-state index contributed by atoms with van der Waals surface area (Å²) in [7, 11) is -0.409. The van der Waals surface area contributed by atoms with Crippen LogP contribution in [0.1, 0.15) is 79.8 Å². The lowest BCUT2D eigenvalue weighted by molar-refractivity contribution is 0.0658. The largest absolute Gasteiger partial charge is 0.496 e. The Balaban J connectivity index is 1.79. The number of sulfonamides is 1. The monoisotopic (exact) mass is 528 g/mol. The molecule has 2 aliphatic rings. The van der Waals surface area contributed by atoms with Gasteiger partial charge in [0, 0.05) is 20.1 Å². The summed E-state index contributed by atoms with van der Waals surface area (Å²) in [6, 6.07) is 10.6. The van der Waals surface area contributed by atoms with Crippen molar-refractivity contribution in [2.24, 2.45) is 0 Å². The van der Waals surface area contributed by atoms with Crippen LogP contribution in [0.25, 0.3) is 0 Å². The van der Waals surface area contributed by atoms with Gasteiger partial charge in [0.15, 0.2) is 0 Å². The lowest BCUT2D eigenvalue weighted by atomic mass is 9.92. The third-order valence-electron chi connectivity index (χ3n) is 7.64. The summed E-state index contributed by atoms with van der Waals surface area (Å²) < 4.78 is 42.5. The standard InChI is InChI=1S/C29H40N2O5S/c1-20(2)23-19-28(21(3)18-27(23)35-5)37(33,34)31-17-11-10-16-30(4)29(32)22-12-6-8-14-25(22)36-26-15-9-7-13-24(26)31/h6,8,12,14,18-20,24,26H,7,9-11,13,15-17H2,1-5H3/t24-,26+/m1/s1. The van der Waals surface area contributed by atoms with Gasteiger partial charge in [-0.25, -0.2) is 8.42 Å². The second-order valence-corrected chi connectivity index (χ2v) is 12.4. The Morgan fingerprint density at radius 2 is 1.73 bits per heavy atom. The van der Waals surface area contributed by atoms with E-state index in [4.69, 9.17) is 9.47 Å². The van der Waals surface area contributed by atoms with Crippen LogP contribution in [-0.2, 0) is 10.0 Å². The van der Waals surface area contributed by atoms with E-state index in [2.05, 4.69) is 0 Å². The number of amides is 1. The van der Waals surface area contributed by atoms with Gasteiger partial charge < -0.3 is 14.4 Å². The lowest BCUT2D eigenvalue weighted by Gasteiger charge is -2.40. The zero-order valence-electron chi connectivity index (χ0n) is 22.7. The smallest absolute Gasteiger partial charge is 0.257 e. The molecule has 0 aromatic heterocycles. The summed E-state index contributed by atoms with van der Waals surface area (Å²) in [4.78, 5) is 15.2. The molecule has 0 radical (unpaired) electrons. The molecule has 0 saturated heterocycles. The second-order valence-electron chi connectivity index (χ2n) is 10.6. The first-order chi connectivity index (χ1) is 17.6. The minimum Gasteiger partial charge on any atom is -0.496 e. The van der Waals surface area contributed by atoms with Crippen molar-refractivity contribution in [3.05, 3.63) is 53.1 Å². The van der Waals surface area contributed by atoms with Crippen LogP contribution in [0.5, 0.6) is 11.5 Å². The van der Waals surface area contributed by atoms with Crippen molar-refractivity contribution in [3.8, 4) is 11.5 Å². The maximum absolute atomic E-state index is 14.4. The van der Waals surface area contributed by atoms with Crippen molar-refractivity contribution < 1.29 is 22.7 Å². The van der Waals surface area contributed by atoms with Crippen LogP contribution in [-0.4, -0.2) is 62.9 Å². The average molecular weight is 529 g/mol. The molecule has 1 heterocycles. The molecule has 2 atom stereocenters. The van der Waals surface area contributed by atoms with Gasteiger partial charge in [0.05, 0.1) is 23.6 Å². The third kappa shape index (κ3) is 5.65. The van der Waals surface area contributed by atoms with Crippen molar-refractivity contribution >= 4 is 15.9 Å².